The van der Waals surface area contributed by atoms with Gasteiger partial charge in [0.2, 0.25) is 0 Å². The Morgan fingerprint density at radius 3 is 2.45 bits per heavy atom. The summed E-state index contributed by atoms with van der Waals surface area (Å²) in [4.78, 5) is 11.3. The molecule has 0 bridgehead atoms. The van der Waals surface area contributed by atoms with Crippen molar-refractivity contribution in [2.45, 2.75) is 13.0 Å². The van der Waals surface area contributed by atoms with Crippen LogP contribution in [0.3, 0.4) is 0 Å². The van der Waals surface area contributed by atoms with E-state index in [1.807, 2.05) is 30.3 Å². The molecular weight excluding hydrogens is 256 g/mol. The fourth-order valence-corrected chi connectivity index (χ4v) is 1.91. The standard InChI is InChI=1S/C16H16O4/c1-11(17)10-20-15-13(12-6-3-2-4-7-12)8-5-9-14(15)16(18)19/h2-9,11,17H,10H2,1H3,(H,18,19). The molecule has 1 atom stereocenters. The minimum Gasteiger partial charge on any atom is -0.489 e. The molecule has 0 radical (unpaired) electrons. The fraction of sp³-hybridized carbons (Fsp3) is 0.188. The van der Waals surface area contributed by atoms with Crippen LogP contribution in [0.1, 0.15) is 17.3 Å². The van der Waals surface area contributed by atoms with Gasteiger partial charge in [0.15, 0.2) is 0 Å². The molecule has 2 N–H and O–H groups in total. The number of hydrogen-bond donors (Lipinski definition) is 2. The summed E-state index contributed by atoms with van der Waals surface area (Å²) in [5, 5.41) is 18.6. The Kier molecular flexibility index (Phi) is 4.38. The van der Waals surface area contributed by atoms with Crippen molar-refractivity contribution >= 4 is 5.97 Å². The molecule has 0 aliphatic heterocycles. The molecule has 0 saturated heterocycles. The molecule has 2 rings (SSSR count). The lowest BCUT2D eigenvalue weighted by atomic mass is 10.0. The molecule has 0 amide bonds. The first kappa shape index (κ1) is 14.1. The third kappa shape index (κ3) is 3.16. The molecule has 104 valence electrons. The molecule has 0 aliphatic rings. The highest BCUT2D eigenvalue weighted by Gasteiger charge is 2.17. The zero-order valence-electron chi connectivity index (χ0n) is 11.1. The third-order valence-electron chi connectivity index (χ3n) is 2.80. The number of carboxylic acid groups (broad SMARTS) is 1. The van der Waals surface area contributed by atoms with Crippen molar-refractivity contribution in [2.75, 3.05) is 6.61 Å². The molecule has 0 heterocycles. The average Bonchev–Trinajstić information content (AvgIpc) is 2.45. The van der Waals surface area contributed by atoms with E-state index in [0.717, 1.165) is 5.56 Å². The van der Waals surface area contributed by atoms with Crippen molar-refractivity contribution in [1.29, 1.82) is 0 Å². The number of ether oxygens (including phenoxy) is 1. The van der Waals surface area contributed by atoms with Gasteiger partial charge in [0.25, 0.3) is 0 Å². The maximum absolute atomic E-state index is 11.3. The van der Waals surface area contributed by atoms with Crippen LogP contribution in [0.2, 0.25) is 0 Å². The normalized spacial score (nSPS) is 11.9. The van der Waals surface area contributed by atoms with E-state index in [1.54, 1.807) is 19.1 Å². The van der Waals surface area contributed by atoms with Crippen molar-refractivity contribution < 1.29 is 19.7 Å². The fourth-order valence-electron chi connectivity index (χ4n) is 1.91. The Balaban J connectivity index is 2.50. The largest absolute Gasteiger partial charge is 0.489 e. The predicted octanol–water partition coefficient (Wildman–Crippen LogP) is 2.81. The van der Waals surface area contributed by atoms with Crippen molar-refractivity contribution in [2.24, 2.45) is 0 Å². The van der Waals surface area contributed by atoms with E-state index >= 15 is 0 Å². The van der Waals surface area contributed by atoms with Crippen LogP contribution < -0.4 is 4.74 Å². The quantitative estimate of drug-likeness (QED) is 0.878. The third-order valence-corrected chi connectivity index (χ3v) is 2.80. The first-order valence-electron chi connectivity index (χ1n) is 6.32. The van der Waals surface area contributed by atoms with Gasteiger partial charge < -0.3 is 14.9 Å². The molecule has 0 fully saturated rings. The van der Waals surface area contributed by atoms with Crippen LogP contribution in [-0.2, 0) is 0 Å². The first-order chi connectivity index (χ1) is 9.59. The predicted molar refractivity (Wildman–Crippen MR) is 76.0 cm³/mol. The number of carboxylic acids is 1. The lowest BCUT2D eigenvalue weighted by Gasteiger charge is -2.15. The van der Waals surface area contributed by atoms with Gasteiger partial charge in [-0.3, -0.25) is 0 Å². The minimum atomic E-state index is -1.05. The van der Waals surface area contributed by atoms with Crippen molar-refractivity contribution in [3.05, 3.63) is 54.1 Å². The summed E-state index contributed by atoms with van der Waals surface area (Å²) in [5.41, 5.74) is 1.66. The van der Waals surface area contributed by atoms with Gasteiger partial charge in [0.05, 0.1) is 6.10 Å². The summed E-state index contributed by atoms with van der Waals surface area (Å²) in [7, 11) is 0. The van der Waals surface area contributed by atoms with Gasteiger partial charge in [-0.2, -0.15) is 0 Å². The number of aliphatic hydroxyl groups excluding tert-OH is 1. The highest BCUT2D eigenvalue weighted by molar-refractivity contribution is 5.94. The maximum Gasteiger partial charge on any atom is 0.339 e. The lowest BCUT2D eigenvalue weighted by molar-refractivity contribution is 0.0686. The van der Waals surface area contributed by atoms with E-state index < -0.39 is 12.1 Å². The van der Waals surface area contributed by atoms with Crippen molar-refractivity contribution in [3.63, 3.8) is 0 Å². The second-order valence-corrected chi connectivity index (χ2v) is 4.51. The molecule has 0 saturated carbocycles. The van der Waals surface area contributed by atoms with Gasteiger partial charge in [0.1, 0.15) is 17.9 Å². The second-order valence-electron chi connectivity index (χ2n) is 4.51. The zero-order valence-corrected chi connectivity index (χ0v) is 11.1. The smallest absolute Gasteiger partial charge is 0.339 e. The van der Waals surface area contributed by atoms with Gasteiger partial charge in [-0.25, -0.2) is 4.79 Å². The number of aliphatic hydroxyl groups is 1. The van der Waals surface area contributed by atoms with Crippen LogP contribution >= 0.6 is 0 Å². The molecule has 4 heteroatoms. The highest BCUT2D eigenvalue weighted by atomic mass is 16.5. The Morgan fingerprint density at radius 1 is 1.15 bits per heavy atom. The second kappa shape index (κ2) is 6.21. The van der Waals surface area contributed by atoms with E-state index in [-0.39, 0.29) is 17.9 Å². The van der Waals surface area contributed by atoms with E-state index in [1.165, 1.54) is 6.07 Å². The molecule has 0 aromatic heterocycles. The molecule has 0 spiro atoms. The monoisotopic (exact) mass is 272 g/mol. The number of benzene rings is 2. The summed E-state index contributed by atoms with van der Waals surface area (Å²) < 4.78 is 5.51. The molecular formula is C16H16O4. The van der Waals surface area contributed by atoms with Crippen LogP contribution in [0.15, 0.2) is 48.5 Å². The summed E-state index contributed by atoms with van der Waals surface area (Å²) in [6.45, 7) is 1.63. The number of carbonyl (C=O) groups is 1. The van der Waals surface area contributed by atoms with E-state index in [9.17, 15) is 15.0 Å². The van der Waals surface area contributed by atoms with Crippen LogP contribution in [0.25, 0.3) is 11.1 Å². The van der Waals surface area contributed by atoms with Crippen LogP contribution in [0.4, 0.5) is 0 Å². The number of rotatable bonds is 5. The van der Waals surface area contributed by atoms with Crippen LogP contribution in [0.5, 0.6) is 5.75 Å². The average molecular weight is 272 g/mol. The van der Waals surface area contributed by atoms with Gasteiger partial charge >= 0.3 is 5.97 Å². The van der Waals surface area contributed by atoms with Gasteiger partial charge in [-0.1, -0.05) is 42.5 Å². The summed E-state index contributed by atoms with van der Waals surface area (Å²) in [6.07, 6.45) is -0.666. The molecule has 1 unspecified atom stereocenters. The summed E-state index contributed by atoms with van der Waals surface area (Å²) in [6, 6.07) is 14.4. The Labute approximate surface area is 117 Å². The SMILES string of the molecule is CC(O)COc1c(C(=O)O)cccc1-c1ccccc1. The maximum atomic E-state index is 11.3. The molecule has 2 aromatic rings. The van der Waals surface area contributed by atoms with E-state index in [4.69, 9.17) is 4.74 Å². The first-order valence-corrected chi connectivity index (χ1v) is 6.32. The Morgan fingerprint density at radius 2 is 1.85 bits per heavy atom. The van der Waals surface area contributed by atoms with Gasteiger partial charge in [-0.05, 0) is 18.6 Å². The summed E-state index contributed by atoms with van der Waals surface area (Å²) >= 11 is 0. The van der Waals surface area contributed by atoms with Gasteiger partial charge in [0, 0.05) is 5.56 Å². The molecule has 2 aromatic carbocycles. The van der Waals surface area contributed by atoms with Gasteiger partial charge in [-0.15, -0.1) is 0 Å². The van der Waals surface area contributed by atoms with E-state index in [0.29, 0.717) is 5.56 Å². The van der Waals surface area contributed by atoms with E-state index in [2.05, 4.69) is 0 Å². The Hall–Kier alpha value is -2.33. The lowest BCUT2D eigenvalue weighted by Crippen LogP contribution is -2.15. The Bertz CT molecular complexity index is 591. The highest BCUT2D eigenvalue weighted by Crippen LogP contribution is 2.33. The topological polar surface area (TPSA) is 66.8 Å². The van der Waals surface area contributed by atoms with Crippen molar-refractivity contribution in [1.82, 2.24) is 0 Å². The molecule has 20 heavy (non-hydrogen) atoms. The van der Waals surface area contributed by atoms with Crippen molar-refractivity contribution in [3.8, 4) is 16.9 Å². The number of para-hydroxylation sites is 1. The number of aromatic carboxylic acids is 1. The number of hydrogen-bond acceptors (Lipinski definition) is 3. The zero-order chi connectivity index (χ0) is 14.5. The molecule has 0 aliphatic carbocycles. The summed E-state index contributed by atoms with van der Waals surface area (Å²) in [5.74, 6) is -0.768. The van der Waals surface area contributed by atoms with Crippen LogP contribution in [-0.4, -0.2) is 28.9 Å². The van der Waals surface area contributed by atoms with Crippen LogP contribution in [0, 0.1) is 0 Å². The minimum absolute atomic E-state index is 0.0458. The molecule has 4 nitrogen and oxygen atoms in total.